The van der Waals surface area contributed by atoms with Gasteiger partial charge < -0.3 is 23.8 Å². The summed E-state index contributed by atoms with van der Waals surface area (Å²) in [4.78, 5) is 25.7. The van der Waals surface area contributed by atoms with Crippen molar-refractivity contribution >= 4 is 22.6 Å². The number of fused-ring (bicyclic) bond motifs is 2. The van der Waals surface area contributed by atoms with Gasteiger partial charge in [0.1, 0.15) is 6.54 Å². The lowest BCUT2D eigenvalue weighted by Crippen LogP contribution is -2.27. The van der Waals surface area contributed by atoms with E-state index in [9.17, 15) is 9.59 Å². The average Bonchev–Trinajstić information content (AvgIpc) is 3.42. The summed E-state index contributed by atoms with van der Waals surface area (Å²) in [5.74, 6) is 1.36. The van der Waals surface area contributed by atoms with Gasteiger partial charge in [-0.05, 0) is 48.4 Å². The summed E-state index contributed by atoms with van der Waals surface area (Å²) in [5, 5.41) is 3.76. The van der Waals surface area contributed by atoms with E-state index in [1.807, 2.05) is 43.3 Å². The van der Waals surface area contributed by atoms with E-state index in [0.29, 0.717) is 31.1 Å². The summed E-state index contributed by atoms with van der Waals surface area (Å²) in [7, 11) is 0. The van der Waals surface area contributed by atoms with Gasteiger partial charge in [0.05, 0.1) is 25.0 Å². The van der Waals surface area contributed by atoms with Crippen molar-refractivity contribution in [1.29, 1.82) is 0 Å². The zero-order valence-electron chi connectivity index (χ0n) is 18.3. The largest absolute Gasteiger partial charge is 0.490 e. The van der Waals surface area contributed by atoms with Gasteiger partial charge in [-0.3, -0.25) is 9.59 Å². The zero-order valence-corrected chi connectivity index (χ0v) is 18.3. The maximum absolute atomic E-state index is 12.9. The number of para-hydroxylation sites is 1. The Balaban J connectivity index is 1.33. The van der Waals surface area contributed by atoms with Crippen LogP contribution in [0.2, 0.25) is 0 Å². The molecule has 4 aromatic rings. The molecule has 3 heterocycles. The van der Waals surface area contributed by atoms with Crippen LogP contribution in [-0.2, 0) is 17.9 Å². The minimum atomic E-state index is -0.210. The number of furan rings is 1. The number of hydrogen-bond donors (Lipinski definition) is 1. The molecule has 1 amide bonds. The van der Waals surface area contributed by atoms with Crippen LogP contribution in [0.1, 0.15) is 33.7 Å². The van der Waals surface area contributed by atoms with Crippen LogP contribution in [0.15, 0.2) is 65.4 Å². The molecule has 0 aliphatic carbocycles. The van der Waals surface area contributed by atoms with Gasteiger partial charge in [0.15, 0.2) is 17.3 Å². The van der Waals surface area contributed by atoms with Crippen LogP contribution in [0.25, 0.3) is 10.9 Å². The Morgan fingerprint density at radius 2 is 1.82 bits per heavy atom. The highest BCUT2D eigenvalue weighted by Gasteiger charge is 2.20. The summed E-state index contributed by atoms with van der Waals surface area (Å²) in [6.45, 7) is 3.70. The lowest BCUT2D eigenvalue weighted by Gasteiger charge is -2.13. The molecule has 0 radical (unpaired) electrons. The van der Waals surface area contributed by atoms with E-state index in [1.54, 1.807) is 22.9 Å². The van der Waals surface area contributed by atoms with Crippen LogP contribution < -0.4 is 14.8 Å². The summed E-state index contributed by atoms with van der Waals surface area (Å²) in [6, 6.07) is 14.7. The molecule has 33 heavy (non-hydrogen) atoms. The van der Waals surface area contributed by atoms with Gasteiger partial charge in [-0.25, -0.2) is 0 Å². The standard InChI is InChI=1S/C26H24N2O5/c1-17-12-23-24(33-11-5-10-32-23)13-18(17)14-27-25(29)16-28-15-20(19-6-2-3-7-21(19)28)26(30)22-8-4-9-31-22/h2-4,6-9,12-13,15H,5,10-11,14,16H2,1H3,(H,27,29). The first-order valence-corrected chi connectivity index (χ1v) is 10.9. The number of benzene rings is 2. The number of aromatic nitrogens is 1. The topological polar surface area (TPSA) is 82.7 Å². The van der Waals surface area contributed by atoms with E-state index in [1.165, 1.54) is 6.26 Å². The Kier molecular flexibility index (Phi) is 5.60. The number of carbonyl (C=O) groups excluding carboxylic acids is 2. The van der Waals surface area contributed by atoms with Crippen molar-refractivity contribution in [3.63, 3.8) is 0 Å². The number of nitrogens with zero attached hydrogens (tertiary/aromatic N) is 1. The van der Waals surface area contributed by atoms with E-state index in [0.717, 1.165) is 34.2 Å². The van der Waals surface area contributed by atoms with Crippen LogP contribution in [0, 0.1) is 6.92 Å². The van der Waals surface area contributed by atoms with Crippen LogP contribution in [-0.4, -0.2) is 29.5 Å². The quantitative estimate of drug-likeness (QED) is 0.450. The summed E-state index contributed by atoms with van der Waals surface area (Å²) < 4.78 is 18.6. The fraction of sp³-hybridized carbons (Fsp3) is 0.231. The third-order valence-corrected chi connectivity index (χ3v) is 5.77. The van der Waals surface area contributed by atoms with Crippen molar-refractivity contribution in [3.05, 3.63) is 83.4 Å². The number of rotatable bonds is 6. The Hall–Kier alpha value is -4.00. The number of aryl methyl sites for hydroxylation is 1. The second kappa shape index (κ2) is 8.86. The van der Waals surface area contributed by atoms with Gasteiger partial charge in [0.2, 0.25) is 11.7 Å². The maximum Gasteiger partial charge on any atom is 0.240 e. The van der Waals surface area contributed by atoms with Crippen LogP contribution in [0.3, 0.4) is 0 Å². The van der Waals surface area contributed by atoms with Crippen LogP contribution in [0.4, 0.5) is 0 Å². The smallest absolute Gasteiger partial charge is 0.240 e. The molecule has 2 aromatic heterocycles. The minimum absolute atomic E-state index is 0.0928. The normalized spacial score (nSPS) is 13.0. The van der Waals surface area contributed by atoms with Gasteiger partial charge in [-0.1, -0.05) is 18.2 Å². The van der Waals surface area contributed by atoms with E-state index in [-0.39, 0.29) is 24.0 Å². The SMILES string of the molecule is Cc1cc2c(cc1CNC(=O)Cn1cc(C(=O)c3ccco3)c3ccccc31)OCCCO2. The minimum Gasteiger partial charge on any atom is -0.490 e. The number of hydrogen-bond acceptors (Lipinski definition) is 5. The Morgan fingerprint density at radius 3 is 2.61 bits per heavy atom. The highest BCUT2D eigenvalue weighted by molar-refractivity contribution is 6.15. The Bertz CT molecular complexity index is 1320. The van der Waals surface area contributed by atoms with Gasteiger partial charge in [-0.2, -0.15) is 0 Å². The van der Waals surface area contributed by atoms with Crippen molar-refractivity contribution in [1.82, 2.24) is 9.88 Å². The number of ketones is 1. The van der Waals surface area contributed by atoms with E-state index >= 15 is 0 Å². The lowest BCUT2D eigenvalue weighted by molar-refractivity contribution is -0.121. The van der Waals surface area contributed by atoms with E-state index < -0.39 is 0 Å². The predicted octanol–water partition coefficient (Wildman–Crippen LogP) is 4.25. The third kappa shape index (κ3) is 4.22. The summed E-state index contributed by atoms with van der Waals surface area (Å²) in [6.07, 6.45) is 4.03. The first kappa shape index (κ1) is 20.9. The van der Waals surface area contributed by atoms with E-state index in [4.69, 9.17) is 13.9 Å². The summed E-state index contributed by atoms with van der Waals surface area (Å²) >= 11 is 0. The van der Waals surface area contributed by atoms with Gasteiger partial charge in [0.25, 0.3) is 0 Å². The molecule has 1 aliphatic heterocycles. The Labute approximate surface area is 190 Å². The molecule has 1 aliphatic rings. The maximum atomic E-state index is 12.9. The molecule has 0 fully saturated rings. The number of amides is 1. The molecule has 7 nitrogen and oxygen atoms in total. The molecule has 5 rings (SSSR count). The average molecular weight is 444 g/mol. The fourth-order valence-electron chi connectivity index (χ4n) is 4.05. The highest BCUT2D eigenvalue weighted by atomic mass is 16.5. The summed E-state index contributed by atoms with van der Waals surface area (Å²) in [5.41, 5.74) is 3.32. The van der Waals surface area contributed by atoms with Crippen molar-refractivity contribution in [2.45, 2.75) is 26.4 Å². The first-order chi connectivity index (χ1) is 16.1. The van der Waals surface area contributed by atoms with Gasteiger partial charge in [0, 0.05) is 30.1 Å². The van der Waals surface area contributed by atoms with E-state index in [2.05, 4.69) is 5.32 Å². The second-order valence-corrected chi connectivity index (χ2v) is 8.05. The molecule has 0 saturated heterocycles. The van der Waals surface area contributed by atoms with Crippen molar-refractivity contribution in [2.75, 3.05) is 13.2 Å². The van der Waals surface area contributed by atoms with Crippen molar-refractivity contribution in [2.24, 2.45) is 0 Å². The molecule has 168 valence electrons. The second-order valence-electron chi connectivity index (χ2n) is 8.05. The fourth-order valence-corrected chi connectivity index (χ4v) is 4.05. The lowest BCUT2D eigenvalue weighted by atomic mass is 10.1. The van der Waals surface area contributed by atoms with Gasteiger partial charge >= 0.3 is 0 Å². The molecule has 1 N–H and O–H groups in total. The molecule has 0 unspecified atom stereocenters. The Morgan fingerprint density at radius 1 is 1.03 bits per heavy atom. The van der Waals surface area contributed by atoms with Gasteiger partial charge in [-0.15, -0.1) is 0 Å². The predicted molar refractivity (Wildman–Crippen MR) is 123 cm³/mol. The molecule has 0 atom stereocenters. The number of nitrogens with one attached hydrogen (secondary N) is 1. The monoisotopic (exact) mass is 444 g/mol. The number of carbonyl (C=O) groups is 2. The van der Waals surface area contributed by atoms with Crippen molar-refractivity contribution in [3.8, 4) is 11.5 Å². The molecular weight excluding hydrogens is 420 g/mol. The van der Waals surface area contributed by atoms with Crippen molar-refractivity contribution < 1.29 is 23.5 Å². The molecule has 2 aromatic carbocycles. The highest BCUT2D eigenvalue weighted by Crippen LogP contribution is 2.32. The molecular formula is C26H24N2O5. The van der Waals surface area contributed by atoms with Crippen LogP contribution in [0.5, 0.6) is 11.5 Å². The third-order valence-electron chi connectivity index (χ3n) is 5.77. The first-order valence-electron chi connectivity index (χ1n) is 10.9. The zero-order chi connectivity index (χ0) is 22.8. The molecule has 7 heteroatoms. The number of ether oxygens (including phenoxy) is 2. The molecule has 0 saturated carbocycles. The van der Waals surface area contributed by atoms with Crippen LogP contribution >= 0.6 is 0 Å². The molecule has 0 spiro atoms. The molecule has 0 bridgehead atoms.